The Morgan fingerprint density at radius 3 is 2.22 bits per heavy atom. The predicted octanol–water partition coefficient (Wildman–Crippen LogP) is 4.28. The number of hydrogen-bond acceptors (Lipinski definition) is 6. The van der Waals surface area contributed by atoms with Crippen molar-refractivity contribution in [3.05, 3.63) is 58.6 Å². The van der Waals surface area contributed by atoms with Crippen molar-refractivity contribution in [1.82, 2.24) is 10.2 Å². The molecule has 0 aliphatic heterocycles. The summed E-state index contributed by atoms with van der Waals surface area (Å²) in [7, 11) is 0. The molecule has 3 aromatic rings. The molecular formula is C16H7ClN4OS. The second-order valence-electron chi connectivity index (χ2n) is 4.39. The molecule has 0 amide bonds. The fourth-order valence-electron chi connectivity index (χ4n) is 1.87. The molecule has 110 valence electrons. The summed E-state index contributed by atoms with van der Waals surface area (Å²) in [5, 5.41) is 27.2. The maximum absolute atomic E-state index is 9.17. The zero-order chi connectivity index (χ0) is 16.2. The van der Waals surface area contributed by atoms with Crippen LogP contribution < -0.4 is 0 Å². The third kappa shape index (κ3) is 3.19. The standard InChI is InChI=1S/C16H7ClN4OS/c17-13-6-4-10(5-7-13)15-20-21-16(22-15)23-14-11(8-18)2-1-3-12(14)9-19/h1-7H. The average molecular weight is 339 g/mol. The highest BCUT2D eigenvalue weighted by Gasteiger charge is 2.15. The lowest BCUT2D eigenvalue weighted by Crippen LogP contribution is -1.87. The van der Waals surface area contributed by atoms with Gasteiger partial charge in [-0.3, -0.25) is 0 Å². The smallest absolute Gasteiger partial charge is 0.281 e. The summed E-state index contributed by atoms with van der Waals surface area (Å²) in [5.74, 6) is 0.345. The number of nitrogens with zero attached hydrogens (tertiary/aromatic N) is 4. The molecule has 0 N–H and O–H groups in total. The number of benzene rings is 2. The molecule has 7 heteroatoms. The van der Waals surface area contributed by atoms with Gasteiger partial charge >= 0.3 is 0 Å². The fourth-order valence-corrected chi connectivity index (χ4v) is 2.82. The third-order valence-electron chi connectivity index (χ3n) is 2.94. The summed E-state index contributed by atoms with van der Waals surface area (Å²) in [6.07, 6.45) is 0. The maximum atomic E-state index is 9.17. The van der Waals surface area contributed by atoms with E-state index in [1.54, 1.807) is 42.5 Å². The Balaban J connectivity index is 1.93. The molecule has 0 saturated heterocycles. The minimum absolute atomic E-state index is 0.258. The van der Waals surface area contributed by atoms with Crippen LogP contribution in [0.1, 0.15) is 11.1 Å². The van der Waals surface area contributed by atoms with Crippen molar-refractivity contribution in [1.29, 1.82) is 10.5 Å². The summed E-state index contributed by atoms with van der Waals surface area (Å²) in [4.78, 5) is 0.504. The van der Waals surface area contributed by atoms with Crippen LogP contribution in [0.5, 0.6) is 0 Å². The van der Waals surface area contributed by atoms with Crippen LogP contribution in [0.15, 0.2) is 57.0 Å². The van der Waals surface area contributed by atoms with Crippen molar-refractivity contribution >= 4 is 23.4 Å². The van der Waals surface area contributed by atoms with Crippen LogP contribution in [-0.4, -0.2) is 10.2 Å². The van der Waals surface area contributed by atoms with Gasteiger partial charge in [-0.2, -0.15) is 10.5 Å². The van der Waals surface area contributed by atoms with Crippen molar-refractivity contribution in [2.45, 2.75) is 10.1 Å². The van der Waals surface area contributed by atoms with E-state index in [0.717, 1.165) is 17.3 Å². The average Bonchev–Trinajstić information content (AvgIpc) is 3.04. The lowest BCUT2D eigenvalue weighted by atomic mass is 10.1. The summed E-state index contributed by atoms with van der Waals surface area (Å²) in [6.45, 7) is 0. The molecule has 3 rings (SSSR count). The van der Waals surface area contributed by atoms with Crippen molar-refractivity contribution < 1.29 is 4.42 Å². The van der Waals surface area contributed by atoms with Gasteiger partial charge in [0.1, 0.15) is 12.1 Å². The van der Waals surface area contributed by atoms with Gasteiger partial charge in [-0.25, -0.2) is 0 Å². The Labute approximate surface area is 141 Å². The van der Waals surface area contributed by atoms with Crippen LogP contribution in [0.4, 0.5) is 0 Å². The first-order chi connectivity index (χ1) is 11.2. The van der Waals surface area contributed by atoms with E-state index in [0.29, 0.717) is 26.9 Å². The minimum atomic E-state index is 0.258. The number of nitriles is 2. The summed E-state index contributed by atoms with van der Waals surface area (Å²) in [6, 6.07) is 16.1. The monoisotopic (exact) mass is 338 g/mol. The first-order valence-electron chi connectivity index (χ1n) is 6.42. The molecule has 23 heavy (non-hydrogen) atoms. The Kier molecular flexibility index (Phi) is 4.29. The van der Waals surface area contributed by atoms with E-state index in [4.69, 9.17) is 16.0 Å². The highest BCUT2D eigenvalue weighted by Crippen LogP contribution is 2.33. The van der Waals surface area contributed by atoms with Gasteiger partial charge in [0.15, 0.2) is 0 Å². The number of hydrogen-bond donors (Lipinski definition) is 0. The molecule has 0 aliphatic carbocycles. The zero-order valence-electron chi connectivity index (χ0n) is 11.5. The molecule has 1 heterocycles. The first kappa shape index (κ1) is 15.1. The molecule has 0 unspecified atom stereocenters. The number of rotatable bonds is 3. The van der Waals surface area contributed by atoms with Gasteiger partial charge in [0, 0.05) is 10.6 Å². The van der Waals surface area contributed by atoms with Gasteiger partial charge in [0.2, 0.25) is 5.89 Å². The normalized spacial score (nSPS) is 10.0. The molecule has 0 aliphatic rings. The number of halogens is 1. The molecule has 0 spiro atoms. The minimum Gasteiger partial charge on any atom is -0.411 e. The molecule has 0 atom stereocenters. The topological polar surface area (TPSA) is 86.5 Å². The van der Waals surface area contributed by atoms with Gasteiger partial charge in [0.05, 0.1) is 16.0 Å². The van der Waals surface area contributed by atoms with Gasteiger partial charge in [-0.15, -0.1) is 10.2 Å². The zero-order valence-corrected chi connectivity index (χ0v) is 13.1. The highest BCUT2D eigenvalue weighted by molar-refractivity contribution is 7.99. The molecule has 2 aromatic carbocycles. The maximum Gasteiger partial charge on any atom is 0.281 e. The van der Waals surface area contributed by atoms with Crippen LogP contribution in [0.3, 0.4) is 0 Å². The quantitative estimate of drug-likeness (QED) is 0.708. The van der Waals surface area contributed by atoms with Crippen LogP contribution >= 0.6 is 23.4 Å². The first-order valence-corrected chi connectivity index (χ1v) is 7.61. The molecule has 0 fully saturated rings. The molecule has 0 bridgehead atoms. The summed E-state index contributed by atoms with van der Waals surface area (Å²) in [5.41, 5.74) is 1.52. The SMILES string of the molecule is N#Cc1cccc(C#N)c1Sc1nnc(-c2ccc(Cl)cc2)o1. The lowest BCUT2D eigenvalue weighted by Gasteiger charge is -2.02. The van der Waals surface area contributed by atoms with E-state index in [2.05, 4.69) is 22.3 Å². The van der Waals surface area contributed by atoms with Gasteiger partial charge in [-0.05, 0) is 48.2 Å². The molecule has 0 radical (unpaired) electrons. The Morgan fingerprint density at radius 2 is 1.61 bits per heavy atom. The molecule has 5 nitrogen and oxygen atoms in total. The molecule has 1 aromatic heterocycles. The van der Waals surface area contributed by atoms with Crippen molar-refractivity contribution in [2.75, 3.05) is 0 Å². The van der Waals surface area contributed by atoms with E-state index >= 15 is 0 Å². The van der Waals surface area contributed by atoms with Crippen LogP contribution in [0.2, 0.25) is 5.02 Å². The fraction of sp³-hybridized carbons (Fsp3) is 0. The van der Waals surface area contributed by atoms with Crippen LogP contribution in [-0.2, 0) is 0 Å². The van der Waals surface area contributed by atoms with Gasteiger partial charge in [0.25, 0.3) is 5.22 Å². The summed E-state index contributed by atoms with van der Waals surface area (Å²) >= 11 is 6.94. The van der Waals surface area contributed by atoms with Crippen molar-refractivity contribution in [3.8, 4) is 23.6 Å². The van der Waals surface area contributed by atoms with Gasteiger partial charge < -0.3 is 4.42 Å². The van der Waals surface area contributed by atoms with Gasteiger partial charge in [-0.1, -0.05) is 17.7 Å². The lowest BCUT2D eigenvalue weighted by molar-refractivity contribution is 0.466. The predicted molar refractivity (Wildman–Crippen MR) is 84.7 cm³/mol. The van der Waals surface area contributed by atoms with E-state index in [9.17, 15) is 10.5 Å². The Hall–Kier alpha value is -2.80. The van der Waals surface area contributed by atoms with Crippen LogP contribution in [0, 0.1) is 22.7 Å². The third-order valence-corrected chi connectivity index (χ3v) is 4.18. The van der Waals surface area contributed by atoms with E-state index < -0.39 is 0 Å². The van der Waals surface area contributed by atoms with E-state index in [-0.39, 0.29) is 5.22 Å². The largest absolute Gasteiger partial charge is 0.411 e. The van der Waals surface area contributed by atoms with E-state index in [1.165, 1.54) is 0 Å². The van der Waals surface area contributed by atoms with Crippen molar-refractivity contribution in [2.24, 2.45) is 0 Å². The summed E-state index contributed by atoms with van der Waals surface area (Å²) < 4.78 is 5.59. The second kappa shape index (κ2) is 6.53. The Morgan fingerprint density at radius 1 is 0.957 bits per heavy atom. The number of aromatic nitrogens is 2. The molecule has 0 saturated carbocycles. The Bertz CT molecular complexity index is 906. The molecular weight excluding hydrogens is 332 g/mol. The highest BCUT2D eigenvalue weighted by atomic mass is 35.5. The van der Waals surface area contributed by atoms with Crippen LogP contribution in [0.25, 0.3) is 11.5 Å². The van der Waals surface area contributed by atoms with E-state index in [1.807, 2.05) is 0 Å². The van der Waals surface area contributed by atoms with Crippen molar-refractivity contribution in [3.63, 3.8) is 0 Å². The second-order valence-corrected chi connectivity index (χ2v) is 5.79.